The second-order valence-corrected chi connectivity index (χ2v) is 36.9. The molecule has 0 N–H and O–H groups in total. The Balaban J connectivity index is 0.000000116. The molecule has 690 valence electrons. The van der Waals surface area contributed by atoms with E-state index >= 15 is 0 Å². The minimum absolute atomic E-state index is 0.543. The molecule has 0 fully saturated rings. The maximum atomic E-state index is 10.4. The van der Waals surface area contributed by atoms with Crippen molar-refractivity contribution < 1.29 is 0 Å². The van der Waals surface area contributed by atoms with E-state index in [1.54, 1.807) is 0 Å². The van der Waals surface area contributed by atoms with Crippen molar-refractivity contribution in [3.05, 3.63) is 523 Å². The third-order valence-electron chi connectivity index (χ3n) is 28.8. The zero-order chi connectivity index (χ0) is 101. The molecule has 0 saturated heterocycles. The first kappa shape index (κ1) is 89.2. The highest BCUT2D eigenvalue weighted by atomic mass is 15.0. The van der Waals surface area contributed by atoms with Gasteiger partial charge in [-0.3, -0.25) is 0 Å². The van der Waals surface area contributed by atoms with Crippen molar-refractivity contribution in [2.45, 2.75) is 0 Å². The molecular weight excluding hydrogens is 1830 g/mol. The van der Waals surface area contributed by atoms with E-state index in [1.807, 2.05) is 231 Å². The van der Waals surface area contributed by atoms with Gasteiger partial charge in [-0.1, -0.05) is 261 Å². The second-order valence-electron chi connectivity index (χ2n) is 36.9. The zero-order valence-electron chi connectivity index (χ0n) is 80.0. The molecule has 0 aliphatic carbocycles. The lowest BCUT2D eigenvalue weighted by Gasteiger charge is -2.19. The molecule has 0 radical (unpaired) electrons. The average Bonchev–Trinajstić information content (AvgIpc) is 1.59. The summed E-state index contributed by atoms with van der Waals surface area (Å²) in [4.78, 5) is 11.4. The van der Waals surface area contributed by atoms with E-state index in [4.69, 9.17) is 19.7 Å². The molecule has 27 aromatic rings. The molecule has 0 bridgehead atoms. The third-order valence-corrected chi connectivity index (χ3v) is 28.8. The van der Waals surface area contributed by atoms with Gasteiger partial charge in [0.25, 0.3) is 0 Å². The number of benzene rings is 21. The largest absolute Gasteiger partial charge is 0.310 e. The van der Waals surface area contributed by atoms with Gasteiger partial charge in [0.2, 0.25) is 0 Å². The van der Waals surface area contributed by atoms with Crippen LogP contribution in [0.25, 0.3) is 246 Å². The second kappa shape index (κ2) is 37.0. The molecule has 0 aliphatic rings. The zero-order valence-corrected chi connectivity index (χ0v) is 80.0. The summed E-state index contributed by atoms with van der Waals surface area (Å²) in [6, 6.07) is 167. The minimum Gasteiger partial charge on any atom is -0.310 e. The fourth-order valence-electron chi connectivity index (χ4n) is 22.2. The summed E-state index contributed by atoms with van der Waals surface area (Å²) in [6.45, 7) is 23.6. The van der Waals surface area contributed by atoms with E-state index in [9.17, 15) is 31.6 Å². The highest BCUT2D eigenvalue weighted by Gasteiger charge is 2.27. The number of rotatable bonds is 12. The third kappa shape index (κ3) is 14.9. The van der Waals surface area contributed by atoms with Crippen LogP contribution in [0.4, 0.5) is 17.1 Å². The molecule has 6 heterocycles. The number of fused-ring (bicyclic) bond motifs is 18. The van der Waals surface area contributed by atoms with E-state index < -0.39 is 0 Å². The molecule has 0 aliphatic heterocycles. The maximum absolute atomic E-state index is 10.4. The summed E-state index contributed by atoms with van der Waals surface area (Å²) in [5, 5.41) is 72.4. The summed E-state index contributed by atoms with van der Waals surface area (Å²) in [7, 11) is 0. The molecular formula is C135H75N15. The number of nitriles is 6. The first-order valence-electron chi connectivity index (χ1n) is 48.8. The van der Waals surface area contributed by atoms with E-state index in [0.29, 0.717) is 50.4 Å². The Labute approximate surface area is 860 Å². The number of nitrogens with zero attached hydrogens (tertiary/aromatic N) is 15. The van der Waals surface area contributed by atoms with Crippen LogP contribution in [0.1, 0.15) is 33.4 Å². The summed E-state index contributed by atoms with van der Waals surface area (Å²) in [5.74, 6) is 0. The lowest BCUT2D eigenvalue weighted by atomic mass is 9.89. The number of aromatic nitrogens is 6. The van der Waals surface area contributed by atoms with Gasteiger partial charge in [-0.25, -0.2) is 14.5 Å². The Hall–Kier alpha value is -22.2. The molecule has 0 saturated carbocycles. The standard InChI is InChI=1S/3C45H25N5/c1-48-32-20-23-37(44(26-32)50-41-15-6-2-10-34(41)35-11-3-7-16-42(35)50)38-13-8-9-31(28-47)45(38)30-18-21-33(22-19-30)49-40-14-5-4-12-36(40)39-25-29(27-46)17-24-43(39)49;1-48-32-18-22-38(45(26-32)50-42-12-6-2-8-35(42)36-9-3-7-13-43(36)50)34-21-14-29(27-46)24-39(34)31-16-19-33(20-17-31)49-41-11-5-4-10-37(41)40-25-30(28-47)15-23-44(40)49;1-48-32-18-22-38(45(26-32)50-42-12-6-2-8-35(42)36-9-3-7-13-43(36)50)39-24-29(27-46)14-21-34(39)31-16-19-33(20-17-31)49-41-11-5-4-10-37(41)40-25-30(28-47)15-23-44(40)49/h3*2-26H. The van der Waals surface area contributed by atoms with Gasteiger partial charge in [0.15, 0.2) is 17.1 Å². The fraction of sp³-hybridized carbons (Fsp3) is 0. The first-order valence-corrected chi connectivity index (χ1v) is 48.8. The van der Waals surface area contributed by atoms with Gasteiger partial charge >= 0.3 is 0 Å². The van der Waals surface area contributed by atoms with Gasteiger partial charge in [-0.05, 0) is 239 Å². The van der Waals surface area contributed by atoms with Gasteiger partial charge in [-0.15, -0.1) is 0 Å². The molecule has 21 aromatic carbocycles. The van der Waals surface area contributed by atoms with Gasteiger partial charge < -0.3 is 27.4 Å². The summed E-state index contributed by atoms with van der Waals surface area (Å²) in [6.07, 6.45) is 0. The minimum atomic E-state index is 0.543. The molecule has 6 aromatic heterocycles. The topological polar surface area (TPSA) is 185 Å². The molecule has 15 nitrogen and oxygen atoms in total. The van der Waals surface area contributed by atoms with Crippen LogP contribution in [0.15, 0.2) is 455 Å². The van der Waals surface area contributed by atoms with Crippen LogP contribution < -0.4 is 0 Å². The van der Waals surface area contributed by atoms with Crippen molar-refractivity contribution >= 4 is 148 Å². The monoisotopic (exact) mass is 1910 g/mol. The van der Waals surface area contributed by atoms with Gasteiger partial charge in [-0.2, -0.15) is 31.6 Å². The highest BCUT2D eigenvalue weighted by Crippen LogP contribution is 2.49. The summed E-state index contributed by atoms with van der Waals surface area (Å²) in [5.41, 5.74) is 34.7. The van der Waals surface area contributed by atoms with Crippen molar-refractivity contribution in [3.8, 4) is 137 Å². The molecule has 0 atom stereocenters. The van der Waals surface area contributed by atoms with Crippen LogP contribution in [-0.2, 0) is 0 Å². The van der Waals surface area contributed by atoms with Gasteiger partial charge in [0.05, 0.1) is 156 Å². The Morgan fingerprint density at radius 1 is 0.167 bits per heavy atom. The van der Waals surface area contributed by atoms with E-state index in [-0.39, 0.29) is 0 Å². The lowest BCUT2D eigenvalue weighted by Crippen LogP contribution is -1.99. The summed E-state index contributed by atoms with van der Waals surface area (Å²) < 4.78 is 13.4. The smallest absolute Gasteiger partial charge is 0.189 e. The highest BCUT2D eigenvalue weighted by molar-refractivity contribution is 6.16. The number of para-hydroxylation sites is 9. The molecule has 0 amide bonds. The van der Waals surface area contributed by atoms with E-state index in [1.165, 1.54) is 0 Å². The van der Waals surface area contributed by atoms with Crippen LogP contribution >= 0.6 is 0 Å². The SMILES string of the molecule is [C-]#[N+]c1ccc(-c2cc(C#N)ccc2-c2ccc(-n3c4ccccc4c4cc(C#N)ccc43)cc2)c(-n2c3ccccc3c3ccccc32)c1.[C-]#[N+]c1ccc(-c2ccc(C#N)cc2-c2ccc(-n3c4ccccc4c4cc(C#N)ccc43)cc2)c(-n2c3ccccc3c3ccccc32)c1.[C-]#[N+]c1ccc(-c2cccc(C#N)c2-c2ccc(-n3c4ccccc4c4cc(C#N)ccc43)cc2)c(-n2c3ccccc3c3ccccc32)c1. The van der Waals surface area contributed by atoms with Crippen molar-refractivity contribution in [1.29, 1.82) is 31.6 Å². The Morgan fingerprint density at radius 3 is 0.727 bits per heavy atom. The molecule has 15 heteroatoms. The predicted molar refractivity (Wildman–Crippen MR) is 605 cm³/mol. The van der Waals surface area contributed by atoms with Crippen LogP contribution in [0.2, 0.25) is 0 Å². The van der Waals surface area contributed by atoms with Crippen LogP contribution in [0.3, 0.4) is 0 Å². The predicted octanol–water partition coefficient (Wildman–Crippen LogP) is 34.5. The lowest BCUT2D eigenvalue weighted by molar-refractivity contribution is 1.18. The molecule has 150 heavy (non-hydrogen) atoms. The normalized spacial score (nSPS) is 11.1. The van der Waals surface area contributed by atoms with Crippen molar-refractivity contribution in [3.63, 3.8) is 0 Å². The molecule has 0 unspecified atom stereocenters. The van der Waals surface area contributed by atoms with Gasteiger partial charge in [0, 0.05) is 121 Å². The summed E-state index contributed by atoms with van der Waals surface area (Å²) >= 11 is 0. The Kier molecular flexibility index (Phi) is 22.0. The maximum Gasteiger partial charge on any atom is 0.189 e. The number of hydrogen-bond donors (Lipinski definition) is 0. The van der Waals surface area contributed by atoms with E-state index in [0.717, 1.165) is 232 Å². The fourth-order valence-corrected chi connectivity index (χ4v) is 22.2. The molecule has 27 rings (SSSR count). The quantitative estimate of drug-likeness (QED) is 0.110. The Bertz CT molecular complexity index is 10500. The van der Waals surface area contributed by atoms with Crippen molar-refractivity contribution in [2.24, 2.45) is 0 Å². The van der Waals surface area contributed by atoms with Crippen LogP contribution in [0.5, 0.6) is 0 Å². The van der Waals surface area contributed by atoms with E-state index in [2.05, 4.69) is 303 Å². The average molecular weight is 1910 g/mol. The van der Waals surface area contributed by atoms with Crippen molar-refractivity contribution in [2.75, 3.05) is 0 Å². The van der Waals surface area contributed by atoms with Gasteiger partial charge in [0.1, 0.15) is 0 Å². The molecule has 0 spiro atoms. The Morgan fingerprint density at radius 2 is 0.413 bits per heavy atom. The van der Waals surface area contributed by atoms with Crippen molar-refractivity contribution in [1.82, 2.24) is 27.4 Å². The van der Waals surface area contributed by atoms with Crippen LogP contribution in [0, 0.1) is 87.7 Å². The van der Waals surface area contributed by atoms with Crippen LogP contribution in [-0.4, -0.2) is 27.4 Å². The first-order chi connectivity index (χ1) is 74.0. The number of hydrogen-bond acceptors (Lipinski definition) is 6.